The molecule has 0 bridgehead atoms. The monoisotopic (exact) mass is 379 g/mol. The Labute approximate surface area is 160 Å². The molecule has 0 aliphatic carbocycles. The molecule has 0 spiro atoms. The van der Waals surface area contributed by atoms with Crippen LogP contribution in [0.2, 0.25) is 0 Å². The average molecular weight is 379 g/mol. The van der Waals surface area contributed by atoms with Crippen molar-refractivity contribution in [3.63, 3.8) is 0 Å². The van der Waals surface area contributed by atoms with Crippen molar-refractivity contribution < 1.29 is 4.52 Å². The summed E-state index contributed by atoms with van der Waals surface area (Å²) in [6.45, 7) is 6.34. The number of nitrogens with zero attached hydrogens (tertiary/aromatic N) is 5. The summed E-state index contributed by atoms with van der Waals surface area (Å²) < 4.78 is 9.73. The van der Waals surface area contributed by atoms with E-state index in [1.165, 1.54) is 9.13 Å². The zero-order chi connectivity index (χ0) is 19.8. The summed E-state index contributed by atoms with van der Waals surface area (Å²) in [5, 5.41) is 3.93. The third kappa shape index (κ3) is 2.77. The van der Waals surface area contributed by atoms with Crippen LogP contribution in [-0.4, -0.2) is 23.8 Å². The summed E-state index contributed by atoms with van der Waals surface area (Å²) in [6, 6.07) is 9.22. The van der Waals surface area contributed by atoms with Crippen molar-refractivity contribution in [3.05, 3.63) is 74.5 Å². The molecule has 8 heteroatoms. The van der Waals surface area contributed by atoms with Crippen LogP contribution in [0.15, 0.2) is 50.8 Å². The summed E-state index contributed by atoms with van der Waals surface area (Å²) in [5.41, 5.74) is 2.04. The second kappa shape index (κ2) is 6.95. The van der Waals surface area contributed by atoms with E-state index in [9.17, 15) is 9.59 Å². The predicted octanol–water partition coefficient (Wildman–Crippen LogP) is 2.41. The first-order chi connectivity index (χ1) is 13.5. The number of rotatable bonds is 5. The molecule has 3 aromatic heterocycles. The van der Waals surface area contributed by atoms with Gasteiger partial charge in [-0.1, -0.05) is 30.3 Å². The van der Waals surface area contributed by atoms with Crippen LogP contribution in [0, 0.1) is 13.8 Å². The third-order valence-electron chi connectivity index (χ3n) is 4.88. The van der Waals surface area contributed by atoms with Gasteiger partial charge in [0.25, 0.3) is 5.56 Å². The van der Waals surface area contributed by atoms with Gasteiger partial charge in [-0.2, -0.15) is 0 Å². The normalized spacial score (nSPS) is 11.4. The molecular weight excluding hydrogens is 358 g/mol. The van der Waals surface area contributed by atoms with Crippen LogP contribution in [0.25, 0.3) is 16.9 Å². The second-order valence-corrected chi connectivity index (χ2v) is 6.76. The molecule has 0 aliphatic rings. The third-order valence-corrected chi connectivity index (χ3v) is 4.88. The van der Waals surface area contributed by atoms with Crippen LogP contribution in [0.3, 0.4) is 0 Å². The first-order valence-corrected chi connectivity index (χ1v) is 9.20. The molecule has 0 amide bonds. The van der Waals surface area contributed by atoms with E-state index in [2.05, 4.69) is 10.1 Å². The van der Waals surface area contributed by atoms with E-state index in [0.29, 0.717) is 34.9 Å². The number of aromatic nitrogens is 5. The lowest BCUT2D eigenvalue weighted by atomic mass is 10.2. The molecule has 0 saturated carbocycles. The van der Waals surface area contributed by atoms with Gasteiger partial charge in [0.15, 0.2) is 11.2 Å². The van der Waals surface area contributed by atoms with Crippen molar-refractivity contribution in [2.45, 2.75) is 40.3 Å². The van der Waals surface area contributed by atoms with Crippen molar-refractivity contribution in [3.8, 4) is 5.69 Å². The molecule has 0 aliphatic heterocycles. The maximum atomic E-state index is 13.3. The fourth-order valence-corrected chi connectivity index (χ4v) is 3.43. The van der Waals surface area contributed by atoms with Crippen LogP contribution < -0.4 is 11.2 Å². The van der Waals surface area contributed by atoms with Crippen LogP contribution in [0.5, 0.6) is 0 Å². The van der Waals surface area contributed by atoms with Gasteiger partial charge >= 0.3 is 5.69 Å². The van der Waals surface area contributed by atoms with Crippen LogP contribution in [-0.2, 0) is 13.1 Å². The predicted molar refractivity (Wildman–Crippen MR) is 105 cm³/mol. The number of benzene rings is 1. The quantitative estimate of drug-likeness (QED) is 0.531. The lowest BCUT2D eigenvalue weighted by Gasteiger charge is -2.12. The summed E-state index contributed by atoms with van der Waals surface area (Å²) >= 11 is 0. The molecule has 0 unspecified atom stereocenters. The summed E-state index contributed by atoms with van der Waals surface area (Å²) in [5.74, 6) is 0.595. The molecule has 3 heterocycles. The molecule has 1 aromatic carbocycles. The maximum absolute atomic E-state index is 13.3. The lowest BCUT2D eigenvalue weighted by Crippen LogP contribution is -2.40. The fraction of sp³-hybridized carbons (Fsp3) is 0.300. The Hall–Kier alpha value is -3.42. The molecule has 0 radical (unpaired) electrons. The number of hydrogen-bond acceptors (Lipinski definition) is 5. The second-order valence-electron chi connectivity index (χ2n) is 6.76. The standard InChI is InChI=1S/C20H21N5O3/c1-4-10-23-12-21-18-17(23)19(26)24(11-16-13(2)22-28-14(16)3)20(27)25(18)15-8-6-5-7-9-15/h5-9,12H,4,10-11H2,1-3H3. The Morgan fingerprint density at radius 2 is 1.86 bits per heavy atom. The van der Waals surface area contributed by atoms with Crippen molar-refractivity contribution in [1.82, 2.24) is 23.8 Å². The average Bonchev–Trinajstić information content (AvgIpc) is 3.24. The molecule has 8 nitrogen and oxygen atoms in total. The number of imidazole rings is 1. The van der Waals surface area contributed by atoms with E-state index in [0.717, 1.165) is 12.0 Å². The highest BCUT2D eigenvalue weighted by molar-refractivity contribution is 5.72. The smallest absolute Gasteiger partial charge is 0.337 e. The van der Waals surface area contributed by atoms with Gasteiger partial charge in [0.1, 0.15) is 5.76 Å². The minimum absolute atomic E-state index is 0.0961. The number of aryl methyl sites for hydroxylation is 3. The molecule has 144 valence electrons. The zero-order valence-electron chi connectivity index (χ0n) is 16.0. The Bertz CT molecular complexity index is 1240. The van der Waals surface area contributed by atoms with E-state index in [-0.39, 0.29) is 12.1 Å². The van der Waals surface area contributed by atoms with Gasteiger partial charge < -0.3 is 9.09 Å². The van der Waals surface area contributed by atoms with Gasteiger partial charge in [-0.25, -0.2) is 14.3 Å². The first kappa shape index (κ1) is 18.0. The van der Waals surface area contributed by atoms with Gasteiger partial charge in [-0.15, -0.1) is 0 Å². The van der Waals surface area contributed by atoms with Gasteiger partial charge in [0.05, 0.1) is 24.3 Å². The summed E-state index contributed by atoms with van der Waals surface area (Å²) in [7, 11) is 0. The van der Waals surface area contributed by atoms with E-state index < -0.39 is 5.69 Å². The minimum atomic E-state index is -0.439. The molecule has 4 aromatic rings. The van der Waals surface area contributed by atoms with Gasteiger partial charge in [-0.3, -0.25) is 9.36 Å². The number of hydrogen-bond donors (Lipinski definition) is 0. The summed E-state index contributed by atoms with van der Waals surface area (Å²) in [6.07, 6.45) is 2.47. The molecule has 0 fully saturated rings. The van der Waals surface area contributed by atoms with Crippen molar-refractivity contribution in [2.75, 3.05) is 0 Å². The van der Waals surface area contributed by atoms with E-state index in [4.69, 9.17) is 4.52 Å². The van der Waals surface area contributed by atoms with E-state index in [1.807, 2.05) is 37.3 Å². The van der Waals surface area contributed by atoms with Crippen LogP contribution in [0.4, 0.5) is 0 Å². The van der Waals surface area contributed by atoms with Gasteiger partial charge in [-0.05, 0) is 32.4 Å². The number of para-hydroxylation sites is 1. The fourth-order valence-electron chi connectivity index (χ4n) is 3.43. The zero-order valence-corrected chi connectivity index (χ0v) is 16.0. The Balaban J connectivity index is 2.06. The molecular formula is C20H21N5O3. The molecule has 0 atom stereocenters. The molecule has 0 saturated heterocycles. The topological polar surface area (TPSA) is 87.8 Å². The van der Waals surface area contributed by atoms with Crippen molar-refractivity contribution in [2.24, 2.45) is 0 Å². The van der Waals surface area contributed by atoms with E-state index in [1.54, 1.807) is 24.7 Å². The van der Waals surface area contributed by atoms with Gasteiger partial charge in [0, 0.05) is 12.1 Å². The van der Waals surface area contributed by atoms with Crippen LogP contribution >= 0.6 is 0 Å². The van der Waals surface area contributed by atoms with E-state index >= 15 is 0 Å². The molecule has 0 N–H and O–H groups in total. The Kier molecular flexibility index (Phi) is 4.46. The Morgan fingerprint density at radius 3 is 2.50 bits per heavy atom. The highest BCUT2D eigenvalue weighted by Crippen LogP contribution is 2.16. The highest BCUT2D eigenvalue weighted by atomic mass is 16.5. The van der Waals surface area contributed by atoms with Crippen molar-refractivity contribution in [1.29, 1.82) is 0 Å². The molecule has 28 heavy (non-hydrogen) atoms. The van der Waals surface area contributed by atoms with Crippen LogP contribution in [0.1, 0.15) is 30.4 Å². The molecule has 4 rings (SSSR count). The lowest BCUT2D eigenvalue weighted by molar-refractivity contribution is 0.392. The highest BCUT2D eigenvalue weighted by Gasteiger charge is 2.21. The largest absolute Gasteiger partial charge is 0.361 e. The summed E-state index contributed by atoms with van der Waals surface area (Å²) in [4.78, 5) is 31.0. The van der Waals surface area contributed by atoms with Gasteiger partial charge in [0.2, 0.25) is 0 Å². The van der Waals surface area contributed by atoms with Crippen molar-refractivity contribution >= 4 is 11.2 Å². The number of fused-ring (bicyclic) bond motifs is 1. The minimum Gasteiger partial charge on any atom is -0.361 e. The maximum Gasteiger partial charge on any atom is 0.337 e. The Morgan fingerprint density at radius 1 is 1.11 bits per heavy atom. The first-order valence-electron chi connectivity index (χ1n) is 9.20. The SMILES string of the molecule is CCCn1cnc2c1c(=O)n(Cc1c(C)noc1C)c(=O)n2-c1ccccc1.